The molecule has 0 aromatic heterocycles. The van der Waals surface area contributed by atoms with E-state index in [9.17, 15) is 4.79 Å². The van der Waals surface area contributed by atoms with Crippen LogP contribution in [0.4, 0.5) is 0 Å². The number of nitrogens with one attached hydrogen (secondary N) is 1. The minimum absolute atomic E-state index is 0.155. The van der Waals surface area contributed by atoms with Gasteiger partial charge in [0.05, 0.1) is 5.02 Å². The molecule has 0 spiro atoms. The molecule has 2 aromatic carbocycles. The highest BCUT2D eigenvalue weighted by molar-refractivity contribution is 9.10. The van der Waals surface area contributed by atoms with Gasteiger partial charge in [0.1, 0.15) is 0 Å². The molecule has 2 nitrogen and oxygen atoms in total. The minimum atomic E-state index is -0.155. The van der Waals surface area contributed by atoms with Crippen LogP contribution in [0.3, 0.4) is 0 Å². The van der Waals surface area contributed by atoms with Crippen molar-refractivity contribution in [3.05, 3.63) is 68.1 Å². The second kappa shape index (κ2) is 6.42. The fourth-order valence-corrected chi connectivity index (χ4v) is 2.28. The van der Waals surface area contributed by atoms with Crippen molar-refractivity contribution >= 4 is 45.0 Å². The summed E-state index contributed by atoms with van der Waals surface area (Å²) < 4.78 is 0.699. The largest absolute Gasteiger partial charge is 0.348 e. The van der Waals surface area contributed by atoms with Crippen LogP contribution in [-0.4, -0.2) is 5.91 Å². The molecule has 1 amide bonds. The topological polar surface area (TPSA) is 29.1 Å². The Morgan fingerprint density at radius 1 is 1.16 bits per heavy atom. The van der Waals surface area contributed by atoms with Crippen molar-refractivity contribution in [1.29, 1.82) is 0 Å². The van der Waals surface area contributed by atoms with Crippen molar-refractivity contribution in [3.63, 3.8) is 0 Å². The van der Waals surface area contributed by atoms with E-state index in [0.29, 0.717) is 26.6 Å². The van der Waals surface area contributed by atoms with Crippen molar-refractivity contribution in [2.24, 2.45) is 0 Å². The van der Waals surface area contributed by atoms with Gasteiger partial charge in [-0.1, -0.05) is 35.3 Å². The lowest BCUT2D eigenvalue weighted by Crippen LogP contribution is -2.22. The van der Waals surface area contributed by atoms with Gasteiger partial charge in [-0.2, -0.15) is 0 Å². The molecule has 2 rings (SSSR count). The van der Waals surface area contributed by atoms with Crippen LogP contribution in [-0.2, 0) is 6.54 Å². The Hall–Kier alpha value is -1.03. The number of hydrogen-bond acceptors (Lipinski definition) is 1. The number of benzene rings is 2. The fraction of sp³-hybridized carbons (Fsp3) is 0.0714. The van der Waals surface area contributed by atoms with Crippen LogP contribution in [0.1, 0.15) is 15.9 Å². The van der Waals surface area contributed by atoms with Crippen LogP contribution in [0.25, 0.3) is 0 Å². The SMILES string of the molecule is O=C(NCc1cccc(Cl)c1)c1ccc(Cl)c(Br)c1. The molecule has 0 saturated heterocycles. The first-order valence-corrected chi connectivity index (χ1v) is 7.09. The number of carbonyl (C=O) groups excluding carboxylic acids is 1. The van der Waals surface area contributed by atoms with Crippen LogP contribution in [0.15, 0.2) is 46.9 Å². The molecule has 0 fully saturated rings. The molecule has 2 aromatic rings. The normalized spacial score (nSPS) is 10.3. The number of amides is 1. The van der Waals surface area contributed by atoms with Gasteiger partial charge in [0.25, 0.3) is 5.91 Å². The Morgan fingerprint density at radius 3 is 2.63 bits per heavy atom. The standard InChI is InChI=1S/C14H10BrCl2NO/c15-12-7-10(4-5-13(12)17)14(19)18-8-9-2-1-3-11(16)6-9/h1-7H,8H2,(H,18,19). The van der Waals surface area contributed by atoms with E-state index < -0.39 is 0 Å². The maximum atomic E-state index is 12.0. The quantitative estimate of drug-likeness (QED) is 0.847. The van der Waals surface area contributed by atoms with Crippen LogP contribution in [0.5, 0.6) is 0 Å². The number of rotatable bonds is 3. The first kappa shape index (κ1) is 14.4. The summed E-state index contributed by atoms with van der Waals surface area (Å²) in [5, 5.41) is 4.06. The second-order valence-corrected chi connectivity index (χ2v) is 5.64. The van der Waals surface area contributed by atoms with E-state index in [2.05, 4.69) is 21.2 Å². The average Bonchev–Trinajstić information content (AvgIpc) is 2.39. The van der Waals surface area contributed by atoms with Gasteiger partial charge in [-0.25, -0.2) is 0 Å². The second-order valence-electron chi connectivity index (χ2n) is 3.94. The molecule has 0 aliphatic heterocycles. The summed E-state index contributed by atoms with van der Waals surface area (Å²) in [5.41, 5.74) is 1.51. The van der Waals surface area contributed by atoms with Crippen molar-refractivity contribution in [2.75, 3.05) is 0 Å². The Kier molecular flexibility index (Phi) is 4.86. The molecule has 19 heavy (non-hydrogen) atoms. The van der Waals surface area contributed by atoms with E-state index in [1.165, 1.54) is 0 Å². The van der Waals surface area contributed by atoms with Gasteiger partial charge in [0.2, 0.25) is 0 Å². The van der Waals surface area contributed by atoms with Gasteiger partial charge in [0.15, 0.2) is 0 Å². The van der Waals surface area contributed by atoms with Crippen LogP contribution < -0.4 is 5.32 Å². The summed E-state index contributed by atoms with van der Waals surface area (Å²) in [6, 6.07) is 12.4. The summed E-state index contributed by atoms with van der Waals surface area (Å²) >= 11 is 15.1. The van der Waals surface area contributed by atoms with Gasteiger partial charge in [-0.05, 0) is 51.8 Å². The average molecular weight is 359 g/mol. The highest BCUT2D eigenvalue weighted by Gasteiger charge is 2.07. The van der Waals surface area contributed by atoms with Gasteiger partial charge in [-0.3, -0.25) is 4.79 Å². The Bertz CT molecular complexity index is 616. The van der Waals surface area contributed by atoms with Crippen molar-refractivity contribution in [1.82, 2.24) is 5.32 Å². The predicted octanol–water partition coefficient (Wildman–Crippen LogP) is 4.69. The number of halogens is 3. The Labute approximate surface area is 129 Å². The molecule has 0 aliphatic carbocycles. The predicted molar refractivity (Wildman–Crippen MR) is 81.8 cm³/mol. The molecule has 0 saturated carbocycles. The molecule has 0 aliphatic rings. The summed E-state index contributed by atoms with van der Waals surface area (Å²) in [6.45, 7) is 0.430. The lowest BCUT2D eigenvalue weighted by Gasteiger charge is -2.06. The summed E-state index contributed by atoms with van der Waals surface area (Å²) in [7, 11) is 0. The van der Waals surface area contributed by atoms with E-state index in [1.54, 1.807) is 24.3 Å². The number of carbonyl (C=O) groups is 1. The zero-order chi connectivity index (χ0) is 13.8. The van der Waals surface area contributed by atoms with Crippen LogP contribution in [0.2, 0.25) is 10.0 Å². The molecule has 0 bridgehead atoms. The molecule has 0 heterocycles. The molecule has 0 radical (unpaired) electrons. The van der Waals surface area contributed by atoms with Crippen LogP contribution >= 0.6 is 39.1 Å². The lowest BCUT2D eigenvalue weighted by atomic mass is 10.2. The summed E-state index contributed by atoms with van der Waals surface area (Å²) in [5.74, 6) is -0.155. The highest BCUT2D eigenvalue weighted by atomic mass is 79.9. The molecule has 1 N–H and O–H groups in total. The zero-order valence-electron chi connectivity index (χ0n) is 9.79. The molecular weight excluding hydrogens is 349 g/mol. The van der Waals surface area contributed by atoms with Crippen molar-refractivity contribution in [3.8, 4) is 0 Å². The summed E-state index contributed by atoms with van der Waals surface area (Å²) in [4.78, 5) is 12.0. The Balaban J connectivity index is 2.03. The van der Waals surface area contributed by atoms with Crippen molar-refractivity contribution in [2.45, 2.75) is 6.54 Å². The minimum Gasteiger partial charge on any atom is -0.348 e. The third-order valence-corrected chi connectivity index (χ3v) is 3.97. The maximum absolute atomic E-state index is 12.0. The third kappa shape index (κ3) is 3.96. The van der Waals surface area contributed by atoms with E-state index in [-0.39, 0.29) is 5.91 Å². The van der Waals surface area contributed by atoms with E-state index in [1.807, 2.05) is 18.2 Å². The fourth-order valence-electron chi connectivity index (χ4n) is 1.57. The van der Waals surface area contributed by atoms with Gasteiger partial charge in [0, 0.05) is 21.6 Å². The van der Waals surface area contributed by atoms with Crippen LogP contribution in [0, 0.1) is 0 Å². The maximum Gasteiger partial charge on any atom is 0.251 e. The van der Waals surface area contributed by atoms with Gasteiger partial charge in [-0.15, -0.1) is 0 Å². The molecule has 0 atom stereocenters. The third-order valence-electron chi connectivity index (χ3n) is 2.52. The van der Waals surface area contributed by atoms with Gasteiger partial charge < -0.3 is 5.32 Å². The Morgan fingerprint density at radius 2 is 1.95 bits per heavy atom. The molecular formula is C14H10BrCl2NO. The van der Waals surface area contributed by atoms with Crippen molar-refractivity contribution < 1.29 is 4.79 Å². The first-order valence-electron chi connectivity index (χ1n) is 5.54. The molecule has 0 unspecified atom stereocenters. The number of hydrogen-bond donors (Lipinski definition) is 1. The highest BCUT2D eigenvalue weighted by Crippen LogP contribution is 2.23. The lowest BCUT2D eigenvalue weighted by molar-refractivity contribution is 0.0951. The van der Waals surface area contributed by atoms with E-state index >= 15 is 0 Å². The molecule has 5 heteroatoms. The zero-order valence-corrected chi connectivity index (χ0v) is 12.9. The monoisotopic (exact) mass is 357 g/mol. The van der Waals surface area contributed by atoms with Gasteiger partial charge >= 0.3 is 0 Å². The summed E-state index contributed by atoms with van der Waals surface area (Å²) in [6.07, 6.45) is 0. The van der Waals surface area contributed by atoms with E-state index in [0.717, 1.165) is 5.56 Å². The first-order chi connectivity index (χ1) is 9.06. The smallest absolute Gasteiger partial charge is 0.251 e. The van der Waals surface area contributed by atoms with E-state index in [4.69, 9.17) is 23.2 Å². The molecule has 98 valence electrons.